The van der Waals surface area contributed by atoms with E-state index in [4.69, 9.17) is 9.84 Å². The summed E-state index contributed by atoms with van der Waals surface area (Å²) in [6.07, 6.45) is 3.78. The second-order valence-electron chi connectivity index (χ2n) is 6.19. The van der Waals surface area contributed by atoms with Crippen LogP contribution in [0.1, 0.15) is 16.1 Å². The number of anilines is 1. The van der Waals surface area contributed by atoms with Gasteiger partial charge in [-0.3, -0.25) is 4.90 Å². The van der Waals surface area contributed by atoms with Crippen molar-refractivity contribution in [2.45, 2.75) is 13.1 Å². The number of piperazine rings is 1. The van der Waals surface area contributed by atoms with Gasteiger partial charge in [0.05, 0.1) is 24.2 Å². The molecule has 0 aliphatic carbocycles. The number of hydrogen-bond donors (Lipinski definition) is 1. The van der Waals surface area contributed by atoms with Crippen molar-refractivity contribution in [3.05, 3.63) is 48.0 Å². The lowest BCUT2D eigenvalue weighted by Crippen LogP contribution is -2.46. The molecule has 1 aliphatic heterocycles. The van der Waals surface area contributed by atoms with Gasteiger partial charge in [0.1, 0.15) is 0 Å². The first kappa shape index (κ1) is 17.4. The van der Waals surface area contributed by atoms with Crippen LogP contribution in [0.15, 0.2) is 36.8 Å². The van der Waals surface area contributed by atoms with Gasteiger partial charge in [0.15, 0.2) is 0 Å². The Labute approximate surface area is 147 Å². The molecule has 134 valence electrons. The number of hydrogen-bond acceptors (Lipinski definition) is 5. The molecule has 1 aliphatic rings. The molecule has 25 heavy (non-hydrogen) atoms. The van der Waals surface area contributed by atoms with Crippen molar-refractivity contribution in [3.8, 4) is 0 Å². The minimum absolute atomic E-state index is 0.326. The standard InChI is InChI=1S/C18H24N4O3/c1-25-11-10-22-14-19-12-17(22)13-20-6-8-21(9-7-20)16-4-2-15(3-5-16)18(23)24/h2-5,12,14H,6-11,13H2,1H3,(H,23,24). The maximum Gasteiger partial charge on any atom is 0.335 e. The fraction of sp³-hybridized carbons (Fsp3) is 0.444. The molecule has 7 nitrogen and oxygen atoms in total. The predicted octanol–water partition coefficient (Wildman–Crippen LogP) is 1.55. The van der Waals surface area contributed by atoms with E-state index >= 15 is 0 Å². The third kappa shape index (κ3) is 4.37. The molecule has 2 heterocycles. The fourth-order valence-electron chi connectivity index (χ4n) is 3.08. The van der Waals surface area contributed by atoms with E-state index in [9.17, 15) is 4.79 Å². The van der Waals surface area contributed by atoms with Gasteiger partial charge in [0.2, 0.25) is 0 Å². The van der Waals surface area contributed by atoms with E-state index in [0.29, 0.717) is 12.2 Å². The smallest absolute Gasteiger partial charge is 0.335 e. The molecule has 3 rings (SSSR count). The minimum atomic E-state index is -0.888. The minimum Gasteiger partial charge on any atom is -0.478 e. The molecule has 1 aromatic carbocycles. The largest absolute Gasteiger partial charge is 0.478 e. The van der Waals surface area contributed by atoms with E-state index < -0.39 is 5.97 Å². The summed E-state index contributed by atoms with van der Waals surface area (Å²) in [5.41, 5.74) is 2.61. The molecule has 7 heteroatoms. The summed E-state index contributed by atoms with van der Waals surface area (Å²) in [4.78, 5) is 19.9. The zero-order chi connectivity index (χ0) is 17.6. The molecule has 0 saturated carbocycles. The molecule has 0 amide bonds. The van der Waals surface area contributed by atoms with Gasteiger partial charge in [-0.1, -0.05) is 0 Å². The van der Waals surface area contributed by atoms with Gasteiger partial charge < -0.3 is 19.3 Å². The van der Waals surface area contributed by atoms with Gasteiger partial charge in [-0.25, -0.2) is 9.78 Å². The highest BCUT2D eigenvalue weighted by Gasteiger charge is 2.18. The maximum absolute atomic E-state index is 10.9. The van der Waals surface area contributed by atoms with Gasteiger partial charge in [0, 0.05) is 58.3 Å². The van der Waals surface area contributed by atoms with E-state index in [0.717, 1.165) is 45.0 Å². The molecule has 2 aromatic rings. The van der Waals surface area contributed by atoms with Crippen LogP contribution in [0.3, 0.4) is 0 Å². The topological polar surface area (TPSA) is 70.8 Å². The summed E-state index contributed by atoms with van der Waals surface area (Å²) in [5.74, 6) is -0.888. The van der Waals surface area contributed by atoms with Crippen molar-refractivity contribution < 1.29 is 14.6 Å². The number of aromatic carboxylic acids is 1. The number of methoxy groups -OCH3 is 1. The highest BCUT2D eigenvalue weighted by molar-refractivity contribution is 5.88. The number of imidazole rings is 1. The molecule has 1 aromatic heterocycles. The Bertz CT molecular complexity index is 691. The Morgan fingerprint density at radius 1 is 1.20 bits per heavy atom. The second kappa shape index (κ2) is 8.13. The summed E-state index contributed by atoms with van der Waals surface area (Å²) >= 11 is 0. The monoisotopic (exact) mass is 344 g/mol. The van der Waals surface area contributed by atoms with E-state index in [1.165, 1.54) is 5.69 Å². The van der Waals surface area contributed by atoms with Gasteiger partial charge in [-0.05, 0) is 24.3 Å². The molecule has 0 unspecified atom stereocenters. The molecule has 0 bridgehead atoms. The second-order valence-corrected chi connectivity index (χ2v) is 6.19. The van der Waals surface area contributed by atoms with Crippen molar-refractivity contribution >= 4 is 11.7 Å². The van der Waals surface area contributed by atoms with Crippen molar-refractivity contribution in [1.82, 2.24) is 14.5 Å². The Balaban J connectivity index is 1.53. The number of carbonyl (C=O) groups is 1. The van der Waals surface area contributed by atoms with E-state index in [1.54, 1.807) is 19.2 Å². The third-order valence-electron chi connectivity index (χ3n) is 4.57. The molecule has 1 N–H and O–H groups in total. The van der Waals surface area contributed by atoms with Crippen LogP contribution in [-0.4, -0.2) is 65.4 Å². The normalized spacial score (nSPS) is 15.5. The van der Waals surface area contributed by atoms with E-state index in [2.05, 4.69) is 19.4 Å². The lowest BCUT2D eigenvalue weighted by Gasteiger charge is -2.36. The summed E-state index contributed by atoms with van der Waals surface area (Å²) < 4.78 is 7.28. The van der Waals surface area contributed by atoms with E-state index in [1.807, 2.05) is 24.7 Å². The van der Waals surface area contributed by atoms with Gasteiger partial charge in [-0.15, -0.1) is 0 Å². The average molecular weight is 344 g/mol. The zero-order valence-electron chi connectivity index (χ0n) is 14.5. The molecule has 0 radical (unpaired) electrons. The first-order valence-electron chi connectivity index (χ1n) is 8.46. The predicted molar refractivity (Wildman–Crippen MR) is 95.0 cm³/mol. The quantitative estimate of drug-likeness (QED) is 0.822. The van der Waals surface area contributed by atoms with Crippen LogP contribution in [0, 0.1) is 0 Å². The highest BCUT2D eigenvalue weighted by Crippen LogP contribution is 2.18. The van der Waals surface area contributed by atoms with Crippen LogP contribution >= 0.6 is 0 Å². The van der Waals surface area contributed by atoms with E-state index in [-0.39, 0.29) is 0 Å². The summed E-state index contributed by atoms with van der Waals surface area (Å²) in [6, 6.07) is 7.11. The van der Waals surface area contributed by atoms with Crippen LogP contribution in [0.4, 0.5) is 5.69 Å². The number of ether oxygens (including phenoxy) is 1. The van der Waals surface area contributed by atoms with Gasteiger partial charge in [0.25, 0.3) is 0 Å². The van der Waals surface area contributed by atoms with Crippen LogP contribution in [0.2, 0.25) is 0 Å². The summed E-state index contributed by atoms with van der Waals surface area (Å²) in [5, 5.41) is 8.98. The first-order chi connectivity index (χ1) is 12.2. The number of aromatic nitrogens is 2. The van der Waals surface area contributed by atoms with Gasteiger partial charge >= 0.3 is 5.97 Å². The Kier molecular flexibility index (Phi) is 5.67. The lowest BCUT2D eigenvalue weighted by atomic mass is 10.2. The highest BCUT2D eigenvalue weighted by atomic mass is 16.5. The zero-order valence-corrected chi connectivity index (χ0v) is 14.5. The number of carboxylic acids is 1. The van der Waals surface area contributed by atoms with Gasteiger partial charge in [-0.2, -0.15) is 0 Å². The molecule has 0 spiro atoms. The molecule has 1 fully saturated rings. The van der Waals surface area contributed by atoms with Crippen LogP contribution in [0.25, 0.3) is 0 Å². The average Bonchev–Trinajstić information content (AvgIpc) is 3.07. The Morgan fingerprint density at radius 2 is 1.92 bits per heavy atom. The van der Waals surface area contributed by atoms with Crippen molar-refractivity contribution in [3.63, 3.8) is 0 Å². The van der Waals surface area contributed by atoms with Crippen LogP contribution in [-0.2, 0) is 17.8 Å². The fourth-order valence-corrected chi connectivity index (χ4v) is 3.08. The van der Waals surface area contributed by atoms with Crippen LogP contribution in [0.5, 0.6) is 0 Å². The van der Waals surface area contributed by atoms with Crippen molar-refractivity contribution in [1.29, 1.82) is 0 Å². The molecular weight excluding hydrogens is 320 g/mol. The lowest BCUT2D eigenvalue weighted by molar-refractivity contribution is 0.0697. The molecule has 1 saturated heterocycles. The SMILES string of the molecule is COCCn1cncc1CN1CCN(c2ccc(C(=O)O)cc2)CC1. The molecule has 0 atom stereocenters. The first-order valence-corrected chi connectivity index (χ1v) is 8.46. The maximum atomic E-state index is 10.9. The summed E-state index contributed by atoms with van der Waals surface area (Å²) in [7, 11) is 1.71. The number of rotatable bonds is 7. The summed E-state index contributed by atoms with van der Waals surface area (Å²) in [6.45, 7) is 6.18. The third-order valence-corrected chi connectivity index (χ3v) is 4.57. The van der Waals surface area contributed by atoms with Crippen LogP contribution < -0.4 is 4.90 Å². The van der Waals surface area contributed by atoms with Crippen molar-refractivity contribution in [2.24, 2.45) is 0 Å². The Morgan fingerprint density at radius 3 is 2.56 bits per heavy atom. The molecular formula is C18H24N4O3. The number of benzene rings is 1. The number of carboxylic acid groups (broad SMARTS) is 1. The number of nitrogens with zero attached hydrogens (tertiary/aromatic N) is 4. The van der Waals surface area contributed by atoms with Crippen molar-refractivity contribution in [2.75, 3.05) is 44.8 Å². The Hall–Kier alpha value is -2.38.